The predicted molar refractivity (Wildman–Crippen MR) is 67.5 cm³/mol. The fraction of sp³-hybridized carbons (Fsp3) is 0.231. The third kappa shape index (κ3) is 2.64. The van der Waals surface area contributed by atoms with Crippen molar-refractivity contribution in [3.05, 3.63) is 40.4 Å². The van der Waals surface area contributed by atoms with Gasteiger partial charge in [-0.05, 0) is 35.8 Å². The zero-order valence-electron chi connectivity index (χ0n) is 9.02. The molecule has 17 heavy (non-hydrogen) atoms. The van der Waals surface area contributed by atoms with Crippen LogP contribution in [0.15, 0.2) is 34.8 Å². The van der Waals surface area contributed by atoms with Crippen LogP contribution < -0.4 is 0 Å². The minimum atomic E-state index is -0.872. The van der Waals surface area contributed by atoms with E-state index in [1.54, 1.807) is 0 Å². The molecule has 1 aliphatic carbocycles. The van der Waals surface area contributed by atoms with Gasteiger partial charge in [-0.3, -0.25) is 9.59 Å². The van der Waals surface area contributed by atoms with Crippen LogP contribution in [0.2, 0.25) is 0 Å². The molecule has 0 heterocycles. The molecule has 1 aromatic carbocycles. The molecule has 0 fully saturated rings. The van der Waals surface area contributed by atoms with E-state index in [0.717, 1.165) is 10.0 Å². The molecule has 4 heteroatoms. The van der Waals surface area contributed by atoms with Crippen LogP contribution in [-0.4, -0.2) is 16.9 Å². The molecule has 0 bridgehead atoms. The number of ketones is 1. The van der Waals surface area contributed by atoms with Gasteiger partial charge in [0.2, 0.25) is 0 Å². The van der Waals surface area contributed by atoms with Gasteiger partial charge in [-0.15, -0.1) is 0 Å². The first-order valence-electron chi connectivity index (χ1n) is 5.31. The SMILES string of the molecule is O=C1C=C(c2cccc(Br)c2)C(C(=O)O)CC1. The molecule has 0 aromatic heterocycles. The number of carbonyl (C=O) groups excluding carboxylic acids is 1. The normalized spacial score (nSPS) is 19.9. The van der Waals surface area contributed by atoms with Crippen LogP contribution in [0.3, 0.4) is 0 Å². The molecule has 0 spiro atoms. The largest absolute Gasteiger partial charge is 0.481 e. The summed E-state index contributed by atoms with van der Waals surface area (Å²) in [4.78, 5) is 22.6. The number of carboxylic acid groups (broad SMARTS) is 1. The van der Waals surface area contributed by atoms with E-state index in [2.05, 4.69) is 15.9 Å². The number of hydrogen-bond donors (Lipinski definition) is 1. The summed E-state index contributed by atoms with van der Waals surface area (Å²) in [5, 5.41) is 9.16. The maximum Gasteiger partial charge on any atom is 0.311 e. The lowest BCUT2D eigenvalue weighted by Gasteiger charge is -2.20. The van der Waals surface area contributed by atoms with E-state index < -0.39 is 11.9 Å². The van der Waals surface area contributed by atoms with Gasteiger partial charge in [-0.25, -0.2) is 0 Å². The van der Waals surface area contributed by atoms with Crippen LogP contribution in [0, 0.1) is 5.92 Å². The second kappa shape index (κ2) is 4.84. The number of halogens is 1. The fourth-order valence-electron chi connectivity index (χ4n) is 2.00. The first-order chi connectivity index (χ1) is 8.08. The highest BCUT2D eigenvalue weighted by atomic mass is 79.9. The topological polar surface area (TPSA) is 54.4 Å². The summed E-state index contributed by atoms with van der Waals surface area (Å²) in [5.41, 5.74) is 1.40. The summed E-state index contributed by atoms with van der Waals surface area (Å²) in [7, 11) is 0. The molecule has 1 unspecified atom stereocenters. The highest BCUT2D eigenvalue weighted by Gasteiger charge is 2.28. The Morgan fingerprint density at radius 3 is 2.82 bits per heavy atom. The summed E-state index contributed by atoms with van der Waals surface area (Å²) < 4.78 is 0.873. The van der Waals surface area contributed by atoms with Gasteiger partial charge in [0.05, 0.1) is 5.92 Å². The second-order valence-corrected chi connectivity index (χ2v) is 4.92. The molecule has 0 aliphatic heterocycles. The van der Waals surface area contributed by atoms with Gasteiger partial charge in [0.15, 0.2) is 5.78 Å². The Balaban J connectivity index is 2.45. The van der Waals surface area contributed by atoms with Crippen molar-refractivity contribution in [2.75, 3.05) is 0 Å². The fourth-order valence-corrected chi connectivity index (χ4v) is 2.40. The number of rotatable bonds is 2. The van der Waals surface area contributed by atoms with Gasteiger partial charge in [-0.1, -0.05) is 28.1 Å². The molecule has 2 rings (SSSR count). The summed E-state index contributed by atoms with van der Waals surface area (Å²) >= 11 is 3.34. The van der Waals surface area contributed by atoms with Crippen LogP contribution in [-0.2, 0) is 9.59 Å². The summed E-state index contributed by atoms with van der Waals surface area (Å²) in [6.07, 6.45) is 2.16. The van der Waals surface area contributed by atoms with Gasteiger partial charge < -0.3 is 5.11 Å². The number of carboxylic acids is 1. The van der Waals surface area contributed by atoms with Crippen molar-refractivity contribution in [1.29, 1.82) is 0 Å². The van der Waals surface area contributed by atoms with Crippen molar-refractivity contribution in [1.82, 2.24) is 0 Å². The van der Waals surface area contributed by atoms with Crippen molar-refractivity contribution >= 4 is 33.3 Å². The summed E-state index contributed by atoms with van der Waals surface area (Å²) in [6.45, 7) is 0. The Morgan fingerprint density at radius 2 is 2.18 bits per heavy atom. The van der Waals surface area contributed by atoms with E-state index in [4.69, 9.17) is 5.11 Å². The highest BCUT2D eigenvalue weighted by molar-refractivity contribution is 9.10. The quantitative estimate of drug-likeness (QED) is 0.912. The molecular weight excluding hydrogens is 284 g/mol. The van der Waals surface area contributed by atoms with E-state index in [1.165, 1.54) is 6.08 Å². The Bertz CT molecular complexity index is 505. The van der Waals surface area contributed by atoms with Crippen molar-refractivity contribution in [2.24, 2.45) is 5.92 Å². The van der Waals surface area contributed by atoms with Crippen molar-refractivity contribution in [2.45, 2.75) is 12.8 Å². The average molecular weight is 295 g/mol. The van der Waals surface area contributed by atoms with Crippen LogP contribution in [0.5, 0.6) is 0 Å². The standard InChI is InChI=1S/C13H11BrO3/c14-9-3-1-2-8(6-9)12-7-10(15)4-5-11(12)13(16)17/h1-3,6-7,11H,4-5H2,(H,16,17). The van der Waals surface area contributed by atoms with Crippen LogP contribution in [0.25, 0.3) is 5.57 Å². The minimum Gasteiger partial charge on any atom is -0.481 e. The molecule has 1 atom stereocenters. The van der Waals surface area contributed by atoms with E-state index >= 15 is 0 Å². The molecule has 1 N–H and O–H groups in total. The third-order valence-corrected chi connectivity index (χ3v) is 3.32. The number of allylic oxidation sites excluding steroid dienone is 1. The first kappa shape index (κ1) is 12.0. The number of carbonyl (C=O) groups is 2. The lowest BCUT2D eigenvalue weighted by atomic mass is 9.83. The molecule has 1 aliphatic rings. The van der Waals surface area contributed by atoms with Gasteiger partial charge >= 0.3 is 5.97 Å². The average Bonchev–Trinajstić information content (AvgIpc) is 2.28. The van der Waals surface area contributed by atoms with E-state index in [0.29, 0.717) is 18.4 Å². The summed E-state index contributed by atoms with van der Waals surface area (Å²) in [6, 6.07) is 7.36. The zero-order valence-corrected chi connectivity index (χ0v) is 10.6. The minimum absolute atomic E-state index is 0.00234. The smallest absolute Gasteiger partial charge is 0.311 e. The van der Waals surface area contributed by atoms with E-state index in [1.807, 2.05) is 24.3 Å². The van der Waals surface area contributed by atoms with Gasteiger partial charge in [0, 0.05) is 10.9 Å². The predicted octanol–water partition coefficient (Wildman–Crippen LogP) is 2.90. The molecule has 3 nitrogen and oxygen atoms in total. The maximum atomic E-state index is 11.4. The Hall–Kier alpha value is -1.42. The molecule has 0 amide bonds. The van der Waals surface area contributed by atoms with Crippen molar-refractivity contribution in [3.8, 4) is 0 Å². The van der Waals surface area contributed by atoms with E-state index in [-0.39, 0.29) is 5.78 Å². The Labute approximate surface area is 107 Å². The highest BCUT2D eigenvalue weighted by Crippen LogP contribution is 2.32. The van der Waals surface area contributed by atoms with Crippen LogP contribution >= 0.6 is 15.9 Å². The molecule has 0 radical (unpaired) electrons. The molecular formula is C13H11BrO3. The monoisotopic (exact) mass is 294 g/mol. The summed E-state index contributed by atoms with van der Waals surface area (Å²) in [5.74, 6) is -1.46. The first-order valence-corrected chi connectivity index (χ1v) is 6.10. The molecule has 1 aromatic rings. The zero-order chi connectivity index (χ0) is 12.4. The number of benzene rings is 1. The third-order valence-electron chi connectivity index (χ3n) is 2.83. The lowest BCUT2D eigenvalue weighted by Crippen LogP contribution is -2.21. The lowest BCUT2D eigenvalue weighted by molar-refractivity contribution is -0.140. The van der Waals surface area contributed by atoms with Gasteiger partial charge in [-0.2, -0.15) is 0 Å². The second-order valence-electron chi connectivity index (χ2n) is 4.01. The Morgan fingerprint density at radius 1 is 1.41 bits per heavy atom. The van der Waals surface area contributed by atoms with Crippen LogP contribution in [0.1, 0.15) is 18.4 Å². The number of hydrogen-bond acceptors (Lipinski definition) is 2. The maximum absolute atomic E-state index is 11.4. The van der Waals surface area contributed by atoms with Crippen molar-refractivity contribution in [3.63, 3.8) is 0 Å². The Kier molecular flexibility index (Phi) is 3.43. The van der Waals surface area contributed by atoms with E-state index in [9.17, 15) is 9.59 Å². The van der Waals surface area contributed by atoms with Crippen molar-refractivity contribution < 1.29 is 14.7 Å². The molecule has 88 valence electrons. The van der Waals surface area contributed by atoms with Gasteiger partial charge in [0.1, 0.15) is 0 Å². The molecule has 0 saturated heterocycles. The van der Waals surface area contributed by atoms with Crippen LogP contribution in [0.4, 0.5) is 0 Å². The molecule has 0 saturated carbocycles. The van der Waals surface area contributed by atoms with Gasteiger partial charge in [0.25, 0.3) is 0 Å². The number of aliphatic carboxylic acids is 1.